The summed E-state index contributed by atoms with van der Waals surface area (Å²) in [7, 11) is 3.01. The van der Waals surface area contributed by atoms with Crippen molar-refractivity contribution < 1.29 is 28.8 Å². The highest BCUT2D eigenvalue weighted by Crippen LogP contribution is 2.35. The smallest absolute Gasteiger partial charge is 0.311 e. The van der Waals surface area contributed by atoms with Crippen LogP contribution in [0.5, 0.6) is 23.0 Å². The minimum Gasteiger partial charge on any atom is -0.496 e. The monoisotopic (exact) mass is 462 g/mol. The number of halogens is 3. The third-order valence-corrected chi connectivity index (χ3v) is 5.00. The summed E-state index contributed by atoms with van der Waals surface area (Å²) >= 11 is 17.7. The molecule has 0 aromatic heterocycles. The SMILES string of the molecule is COc1cc(OCCCCC(=O)Oc2cc(Cl)c(Cl)cc2Cl)cc(OC)c1CO. The molecule has 6 nitrogen and oxygen atoms in total. The molecule has 0 aliphatic rings. The third-order valence-electron chi connectivity index (χ3n) is 3.98. The summed E-state index contributed by atoms with van der Waals surface area (Å²) < 4.78 is 21.4. The lowest BCUT2D eigenvalue weighted by Crippen LogP contribution is -2.09. The first-order valence-corrected chi connectivity index (χ1v) is 9.86. The number of carbonyl (C=O) groups is 1. The van der Waals surface area contributed by atoms with Crippen LogP contribution in [0, 0.1) is 0 Å². The van der Waals surface area contributed by atoms with Crippen molar-refractivity contribution in [3.05, 3.63) is 44.9 Å². The van der Waals surface area contributed by atoms with E-state index in [1.165, 1.54) is 26.4 Å². The van der Waals surface area contributed by atoms with E-state index in [-0.39, 0.29) is 33.8 Å². The number of benzene rings is 2. The maximum atomic E-state index is 12.0. The van der Waals surface area contributed by atoms with E-state index in [1.807, 2.05) is 0 Å². The number of ether oxygens (including phenoxy) is 4. The van der Waals surface area contributed by atoms with Crippen LogP contribution < -0.4 is 18.9 Å². The van der Waals surface area contributed by atoms with Crippen LogP contribution in [-0.4, -0.2) is 31.9 Å². The maximum absolute atomic E-state index is 12.0. The number of carbonyl (C=O) groups excluding carboxylic acids is 1. The number of rotatable bonds is 10. The second-order valence-electron chi connectivity index (χ2n) is 5.94. The van der Waals surface area contributed by atoms with Gasteiger partial charge in [-0.15, -0.1) is 0 Å². The van der Waals surface area contributed by atoms with E-state index >= 15 is 0 Å². The van der Waals surface area contributed by atoms with Crippen molar-refractivity contribution in [3.63, 3.8) is 0 Å². The third kappa shape index (κ3) is 6.57. The van der Waals surface area contributed by atoms with Crippen LogP contribution in [0.1, 0.15) is 24.8 Å². The molecule has 0 spiro atoms. The molecular formula is C20H21Cl3O6. The molecule has 0 atom stereocenters. The molecular weight excluding hydrogens is 443 g/mol. The Morgan fingerprint density at radius 1 is 0.897 bits per heavy atom. The predicted molar refractivity (Wildman–Crippen MR) is 112 cm³/mol. The zero-order valence-corrected chi connectivity index (χ0v) is 18.2. The molecule has 2 aromatic rings. The molecule has 2 aromatic carbocycles. The number of hydrogen-bond acceptors (Lipinski definition) is 6. The molecule has 0 aliphatic carbocycles. The Labute approximate surface area is 184 Å². The van der Waals surface area contributed by atoms with Crippen LogP contribution in [0.15, 0.2) is 24.3 Å². The van der Waals surface area contributed by atoms with Crippen LogP contribution in [0.25, 0.3) is 0 Å². The molecule has 29 heavy (non-hydrogen) atoms. The lowest BCUT2D eigenvalue weighted by molar-refractivity contribution is -0.134. The second kappa shape index (κ2) is 11.4. The van der Waals surface area contributed by atoms with E-state index < -0.39 is 5.97 Å². The highest BCUT2D eigenvalue weighted by Gasteiger charge is 2.13. The van der Waals surface area contributed by atoms with Gasteiger partial charge in [0.05, 0.1) is 48.1 Å². The molecule has 0 bridgehead atoms. The van der Waals surface area contributed by atoms with Gasteiger partial charge in [0.25, 0.3) is 0 Å². The Morgan fingerprint density at radius 3 is 2.10 bits per heavy atom. The van der Waals surface area contributed by atoms with Gasteiger partial charge in [-0.2, -0.15) is 0 Å². The maximum Gasteiger partial charge on any atom is 0.311 e. The van der Waals surface area contributed by atoms with Crippen LogP contribution >= 0.6 is 34.8 Å². The molecule has 2 rings (SSSR count). The summed E-state index contributed by atoms with van der Waals surface area (Å²) in [6.45, 7) is 0.170. The second-order valence-corrected chi connectivity index (χ2v) is 7.16. The van der Waals surface area contributed by atoms with Crippen molar-refractivity contribution >= 4 is 40.8 Å². The van der Waals surface area contributed by atoms with Crippen LogP contribution in [0.2, 0.25) is 15.1 Å². The van der Waals surface area contributed by atoms with Gasteiger partial charge in [-0.3, -0.25) is 4.79 Å². The van der Waals surface area contributed by atoms with Gasteiger partial charge in [0.15, 0.2) is 5.75 Å². The number of unbranched alkanes of at least 4 members (excludes halogenated alkanes) is 1. The highest BCUT2D eigenvalue weighted by molar-refractivity contribution is 6.43. The molecule has 0 saturated carbocycles. The summed E-state index contributed by atoms with van der Waals surface area (Å²) in [5.74, 6) is 1.24. The summed E-state index contributed by atoms with van der Waals surface area (Å²) in [5.41, 5.74) is 0.547. The van der Waals surface area contributed by atoms with E-state index in [1.54, 1.807) is 12.1 Å². The fourth-order valence-electron chi connectivity index (χ4n) is 2.52. The summed E-state index contributed by atoms with van der Waals surface area (Å²) in [4.78, 5) is 12.0. The fourth-order valence-corrected chi connectivity index (χ4v) is 3.09. The van der Waals surface area contributed by atoms with Crippen molar-refractivity contribution in [2.24, 2.45) is 0 Å². The Kier molecular flexibility index (Phi) is 9.17. The first kappa shape index (κ1) is 23.4. The highest BCUT2D eigenvalue weighted by atomic mass is 35.5. The first-order valence-electron chi connectivity index (χ1n) is 8.73. The Bertz CT molecular complexity index is 831. The standard InChI is InChI=1S/C20H21Cl3O6/c1-26-17-7-12(8-18(27-2)13(17)11-24)28-6-4-3-5-20(25)29-19-10-15(22)14(21)9-16(19)23/h7-10,24H,3-6,11H2,1-2H3. The minimum absolute atomic E-state index is 0.172. The summed E-state index contributed by atoms with van der Waals surface area (Å²) in [6.07, 6.45) is 1.37. The van der Waals surface area contributed by atoms with Crippen molar-refractivity contribution in [2.75, 3.05) is 20.8 Å². The Morgan fingerprint density at radius 2 is 1.52 bits per heavy atom. The lowest BCUT2D eigenvalue weighted by atomic mass is 10.1. The molecule has 0 amide bonds. The van der Waals surface area contributed by atoms with Gasteiger partial charge in [0, 0.05) is 24.6 Å². The number of esters is 1. The average Bonchev–Trinajstić information content (AvgIpc) is 2.70. The van der Waals surface area contributed by atoms with Gasteiger partial charge in [0.2, 0.25) is 0 Å². The number of aliphatic hydroxyl groups excluding tert-OH is 1. The summed E-state index contributed by atoms with van der Waals surface area (Å²) in [5, 5.41) is 10.2. The first-order chi connectivity index (χ1) is 13.9. The van der Waals surface area contributed by atoms with Gasteiger partial charge in [0.1, 0.15) is 17.2 Å². The quantitative estimate of drug-likeness (QED) is 0.223. The van der Waals surface area contributed by atoms with E-state index in [4.69, 9.17) is 53.8 Å². The predicted octanol–water partition coefficient (Wildman–Crippen LogP) is 5.31. The molecule has 0 fully saturated rings. The number of aliphatic hydroxyl groups is 1. The largest absolute Gasteiger partial charge is 0.496 e. The van der Waals surface area contributed by atoms with Crippen molar-refractivity contribution in [3.8, 4) is 23.0 Å². The molecule has 9 heteroatoms. The van der Waals surface area contributed by atoms with E-state index in [9.17, 15) is 9.90 Å². The van der Waals surface area contributed by atoms with Gasteiger partial charge >= 0.3 is 5.97 Å². The van der Waals surface area contributed by atoms with Crippen LogP contribution in [0.3, 0.4) is 0 Å². The van der Waals surface area contributed by atoms with Crippen molar-refractivity contribution in [2.45, 2.75) is 25.9 Å². The van der Waals surface area contributed by atoms with Gasteiger partial charge in [-0.05, 0) is 18.9 Å². The molecule has 0 saturated heterocycles. The van der Waals surface area contributed by atoms with Crippen LogP contribution in [-0.2, 0) is 11.4 Å². The van der Waals surface area contributed by atoms with Crippen molar-refractivity contribution in [1.82, 2.24) is 0 Å². The van der Waals surface area contributed by atoms with E-state index in [0.29, 0.717) is 42.3 Å². The zero-order valence-electron chi connectivity index (χ0n) is 16.0. The van der Waals surface area contributed by atoms with Gasteiger partial charge in [-0.1, -0.05) is 34.8 Å². The Balaban J connectivity index is 1.81. The molecule has 158 valence electrons. The molecule has 0 unspecified atom stereocenters. The average molecular weight is 464 g/mol. The molecule has 0 aliphatic heterocycles. The van der Waals surface area contributed by atoms with Gasteiger partial charge in [-0.25, -0.2) is 0 Å². The van der Waals surface area contributed by atoms with E-state index in [2.05, 4.69) is 0 Å². The Hall–Kier alpha value is -1.86. The van der Waals surface area contributed by atoms with Gasteiger partial charge < -0.3 is 24.1 Å². The molecule has 0 heterocycles. The number of methoxy groups -OCH3 is 2. The van der Waals surface area contributed by atoms with E-state index in [0.717, 1.165) is 0 Å². The topological polar surface area (TPSA) is 74.2 Å². The zero-order chi connectivity index (χ0) is 21.4. The molecule has 1 N–H and O–H groups in total. The summed E-state index contributed by atoms with van der Waals surface area (Å²) in [6, 6.07) is 6.18. The lowest BCUT2D eigenvalue weighted by Gasteiger charge is -2.14. The van der Waals surface area contributed by atoms with Crippen molar-refractivity contribution in [1.29, 1.82) is 0 Å². The number of hydrogen-bond donors (Lipinski definition) is 1. The fraction of sp³-hybridized carbons (Fsp3) is 0.350. The minimum atomic E-state index is -0.430. The van der Waals surface area contributed by atoms with Crippen LogP contribution in [0.4, 0.5) is 0 Å². The molecule has 0 radical (unpaired) electrons. The normalized spacial score (nSPS) is 10.6.